The van der Waals surface area contributed by atoms with E-state index in [9.17, 15) is 0 Å². The Morgan fingerprint density at radius 3 is 3.03 bits per heavy atom. The molecule has 168 valence electrons. The number of rotatable bonds is 11. The first-order valence-corrected chi connectivity index (χ1v) is 11.6. The van der Waals surface area contributed by atoms with Gasteiger partial charge in [-0.1, -0.05) is 6.07 Å². The summed E-state index contributed by atoms with van der Waals surface area (Å²) in [6, 6.07) is 8.19. The maximum atomic E-state index is 5.63. The predicted molar refractivity (Wildman–Crippen MR) is 135 cm³/mol. The Morgan fingerprint density at radius 2 is 2.27 bits per heavy atom. The van der Waals surface area contributed by atoms with Crippen LogP contribution in [0, 0.1) is 5.92 Å². The van der Waals surface area contributed by atoms with Gasteiger partial charge in [0.25, 0.3) is 0 Å². The molecule has 1 atom stereocenters. The number of nitrogens with one attached hydrogen (secondary N) is 2. The van der Waals surface area contributed by atoms with E-state index in [-0.39, 0.29) is 24.0 Å². The summed E-state index contributed by atoms with van der Waals surface area (Å²) >= 11 is 1.85. The fourth-order valence-corrected chi connectivity index (χ4v) is 4.32. The topological polar surface area (TPSA) is 62.0 Å². The molecule has 0 saturated carbocycles. The third-order valence-electron chi connectivity index (χ3n) is 5.00. The van der Waals surface area contributed by atoms with Gasteiger partial charge in [0.2, 0.25) is 0 Å². The first kappa shape index (κ1) is 25.2. The summed E-state index contributed by atoms with van der Waals surface area (Å²) in [4.78, 5) is 8.87. The first-order valence-electron chi connectivity index (χ1n) is 10.7. The smallest absolute Gasteiger partial charge is 0.191 e. The van der Waals surface area contributed by atoms with Crippen LogP contribution in [0.4, 0.5) is 0 Å². The molecule has 8 heteroatoms. The van der Waals surface area contributed by atoms with E-state index in [1.165, 1.54) is 24.3 Å². The lowest BCUT2D eigenvalue weighted by molar-refractivity contribution is 0.105. The number of likely N-dealkylation sites (tertiary alicyclic amines) is 1. The van der Waals surface area contributed by atoms with Crippen molar-refractivity contribution < 1.29 is 9.15 Å². The van der Waals surface area contributed by atoms with Crippen molar-refractivity contribution in [3.8, 4) is 0 Å². The molecule has 3 heterocycles. The Labute approximate surface area is 201 Å². The predicted octanol–water partition coefficient (Wildman–Crippen LogP) is 4.33. The molecule has 1 aliphatic rings. The summed E-state index contributed by atoms with van der Waals surface area (Å²) in [5.41, 5.74) is 0. The standard InChI is InChI=1S/C22H34N4O2S.HI/c1-2-23-22(24-10-6-12-27-18-20-8-4-13-28-20)25-15-19-7-3-11-26(16-19)17-21-9-5-14-29-21;/h4-5,8-9,13-14,19H,2-3,6-7,10-12,15-18H2,1H3,(H2,23,24,25);1H. The van der Waals surface area contributed by atoms with Crippen LogP contribution in [-0.4, -0.2) is 50.2 Å². The Bertz CT molecular complexity index is 694. The van der Waals surface area contributed by atoms with Crippen LogP contribution in [0.5, 0.6) is 0 Å². The van der Waals surface area contributed by atoms with Gasteiger partial charge in [0.1, 0.15) is 12.4 Å². The number of halogens is 1. The van der Waals surface area contributed by atoms with Gasteiger partial charge in [-0.05, 0) is 62.2 Å². The summed E-state index contributed by atoms with van der Waals surface area (Å²) in [6.07, 6.45) is 5.14. The van der Waals surface area contributed by atoms with Crippen molar-refractivity contribution in [1.29, 1.82) is 0 Å². The minimum absolute atomic E-state index is 0. The lowest BCUT2D eigenvalue weighted by Gasteiger charge is -2.31. The molecule has 2 N–H and O–H groups in total. The van der Waals surface area contributed by atoms with Crippen LogP contribution in [0.1, 0.15) is 36.8 Å². The molecular weight excluding hydrogens is 511 g/mol. The van der Waals surface area contributed by atoms with Crippen LogP contribution in [0.15, 0.2) is 45.3 Å². The van der Waals surface area contributed by atoms with Gasteiger partial charge in [-0.25, -0.2) is 0 Å². The molecule has 0 bridgehead atoms. The molecule has 1 saturated heterocycles. The van der Waals surface area contributed by atoms with Crippen molar-refractivity contribution in [3.63, 3.8) is 0 Å². The zero-order valence-electron chi connectivity index (χ0n) is 17.8. The summed E-state index contributed by atoms with van der Waals surface area (Å²) in [7, 11) is 0. The molecule has 6 nitrogen and oxygen atoms in total. The number of furan rings is 1. The van der Waals surface area contributed by atoms with E-state index in [1.54, 1.807) is 6.26 Å². The molecule has 0 radical (unpaired) electrons. The van der Waals surface area contributed by atoms with E-state index in [4.69, 9.17) is 14.1 Å². The van der Waals surface area contributed by atoms with Crippen molar-refractivity contribution in [2.75, 3.05) is 39.3 Å². The third kappa shape index (κ3) is 9.36. The first-order chi connectivity index (χ1) is 14.3. The second-order valence-corrected chi connectivity index (χ2v) is 8.49. The van der Waals surface area contributed by atoms with Crippen molar-refractivity contribution >= 4 is 41.3 Å². The minimum Gasteiger partial charge on any atom is -0.467 e. The summed E-state index contributed by atoms with van der Waals surface area (Å²) < 4.78 is 10.9. The molecule has 0 spiro atoms. The van der Waals surface area contributed by atoms with Gasteiger partial charge in [-0.2, -0.15) is 0 Å². The Morgan fingerprint density at radius 1 is 1.33 bits per heavy atom. The number of hydrogen-bond acceptors (Lipinski definition) is 5. The number of hydrogen-bond donors (Lipinski definition) is 2. The van der Waals surface area contributed by atoms with Crippen LogP contribution in [0.2, 0.25) is 0 Å². The average molecular weight is 547 g/mol. The van der Waals surface area contributed by atoms with E-state index in [0.29, 0.717) is 19.1 Å². The fraction of sp³-hybridized carbons (Fsp3) is 0.591. The van der Waals surface area contributed by atoms with E-state index in [1.807, 2.05) is 23.5 Å². The number of piperidine rings is 1. The lowest BCUT2D eigenvalue weighted by atomic mass is 9.98. The zero-order chi connectivity index (χ0) is 20.2. The van der Waals surface area contributed by atoms with Crippen molar-refractivity contribution in [1.82, 2.24) is 15.5 Å². The SMILES string of the molecule is CCNC(=NCC1CCCN(Cc2cccs2)C1)NCCCOCc1ccco1.I. The molecule has 1 unspecified atom stereocenters. The second kappa shape index (κ2) is 14.8. The number of nitrogens with zero attached hydrogens (tertiary/aromatic N) is 2. The fourth-order valence-electron chi connectivity index (χ4n) is 3.58. The number of ether oxygens (including phenoxy) is 1. The largest absolute Gasteiger partial charge is 0.467 e. The number of aliphatic imine (C=N–C) groups is 1. The van der Waals surface area contributed by atoms with E-state index < -0.39 is 0 Å². The van der Waals surface area contributed by atoms with Gasteiger partial charge in [0.05, 0.1) is 6.26 Å². The van der Waals surface area contributed by atoms with Crippen molar-refractivity contribution in [3.05, 3.63) is 46.5 Å². The number of guanidine groups is 1. The Kier molecular flexibility index (Phi) is 12.4. The normalized spacial score (nSPS) is 17.5. The van der Waals surface area contributed by atoms with Gasteiger partial charge in [0, 0.05) is 44.2 Å². The quantitative estimate of drug-likeness (QED) is 0.190. The molecule has 2 aromatic rings. The molecule has 0 aliphatic carbocycles. The maximum absolute atomic E-state index is 5.63. The molecule has 0 aromatic carbocycles. The number of thiophene rings is 1. The highest BCUT2D eigenvalue weighted by atomic mass is 127. The minimum atomic E-state index is 0. The lowest BCUT2D eigenvalue weighted by Crippen LogP contribution is -2.40. The average Bonchev–Trinajstić information content (AvgIpc) is 3.43. The van der Waals surface area contributed by atoms with Crippen LogP contribution in [0.25, 0.3) is 0 Å². The van der Waals surface area contributed by atoms with Crippen molar-refractivity contribution in [2.24, 2.45) is 10.9 Å². The van der Waals surface area contributed by atoms with Gasteiger partial charge in [-0.3, -0.25) is 9.89 Å². The van der Waals surface area contributed by atoms with Crippen molar-refractivity contribution in [2.45, 2.75) is 39.3 Å². The molecule has 0 amide bonds. The third-order valence-corrected chi connectivity index (χ3v) is 5.86. The second-order valence-electron chi connectivity index (χ2n) is 7.45. The molecule has 3 rings (SSSR count). The molecule has 1 aliphatic heterocycles. The van der Waals surface area contributed by atoms with Gasteiger partial charge in [-0.15, -0.1) is 35.3 Å². The van der Waals surface area contributed by atoms with E-state index in [2.05, 4.69) is 40.0 Å². The Balaban J connectivity index is 0.00000320. The van der Waals surface area contributed by atoms with Gasteiger partial charge in [0.15, 0.2) is 5.96 Å². The maximum Gasteiger partial charge on any atom is 0.191 e. The molecular formula is C22H35IN4O2S. The molecule has 1 fully saturated rings. The Hall–Kier alpha value is -1.10. The molecule has 2 aromatic heterocycles. The summed E-state index contributed by atoms with van der Waals surface area (Å²) in [5.74, 6) is 2.41. The highest BCUT2D eigenvalue weighted by Gasteiger charge is 2.20. The monoisotopic (exact) mass is 546 g/mol. The van der Waals surface area contributed by atoms with Gasteiger partial charge < -0.3 is 19.8 Å². The molecule has 30 heavy (non-hydrogen) atoms. The van der Waals surface area contributed by atoms with Crippen LogP contribution < -0.4 is 10.6 Å². The van der Waals surface area contributed by atoms with Crippen LogP contribution in [-0.2, 0) is 17.9 Å². The van der Waals surface area contributed by atoms with Crippen LogP contribution >= 0.6 is 35.3 Å². The summed E-state index contributed by atoms with van der Waals surface area (Å²) in [5, 5.41) is 8.94. The highest BCUT2D eigenvalue weighted by Crippen LogP contribution is 2.20. The van der Waals surface area contributed by atoms with Gasteiger partial charge >= 0.3 is 0 Å². The zero-order valence-corrected chi connectivity index (χ0v) is 21.0. The highest BCUT2D eigenvalue weighted by molar-refractivity contribution is 14.0. The van der Waals surface area contributed by atoms with E-state index in [0.717, 1.165) is 50.9 Å². The van der Waals surface area contributed by atoms with Crippen LogP contribution in [0.3, 0.4) is 0 Å². The summed E-state index contributed by atoms with van der Waals surface area (Å²) in [6.45, 7) is 9.36. The van der Waals surface area contributed by atoms with E-state index >= 15 is 0 Å².